The van der Waals surface area contributed by atoms with Crippen molar-refractivity contribution in [1.82, 2.24) is 19.3 Å². The number of aromatic nitrogens is 3. The van der Waals surface area contributed by atoms with Crippen molar-refractivity contribution < 1.29 is 4.42 Å². The Hall–Kier alpha value is -2.14. The Morgan fingerprint density at radius 2 is 2.14 bits per heavy atom. The monoisotopic (exact) mass is 284 g/mol. The highest BCUT2D eigenvalue weighted by Gasteiger charge is 2.12. The van der Waals surface area contributed by atoms with Crippen LogP contribution < -0.4 is 0 Å². The number of nitrogens with zero attached hydrogens (tertiary/aromatic N) is 4. The van der Waals surface area contributed by atoms with Crippen LogP contribution in [0.2, 0.25) is 0 Å². The first-order valence-corrected chi connectivity index (χ1v) is 7.21. The molecule has 0 saturated heterocycles. The van der Waals surface area contributed by atoms with Crippen molar-refractivity contribution in [2.45, 2.75) is 33.9 Å². The lowest BCUT2D eigenvalue weighted by Crippen LogP contribution is -2.23. The van der Waals surface area contributed by atoms with Gasteiger partial charge >= 0.3 is 0 Å². The van der Waals surface area contributed by atoms with E-state index < -0.39 is 0 Å². The van der Waals surface area contributed by atoms with E-state index in [1.165, 1.54) is 17.0 Å². The molecule has 3 aromatic heterocycles. The zero-order valence-corrected chi connectivity index (χ0v) is 12.7. The molecule has 0 aliphatic rings. The number of furan rings is 1. The summed E-state index contributed by atoms with van der Waals surface area (Å²) in [6.07, 6.45) is 5.44. The molecule has 0 fully saturated rings. The summed E-state index contributed by atoms with van der Waals surface area (Å²) in [6.45, 7) is 8.94. The molecule has 0 amide bonds. The lowest BCUT2D eigenvalue weighted by Gasteiger charge is -2.19. The van der Waals surface area contributed by atoms with Crippen LogP contribution in [0.25, 0.3) is 5.78 Å². The summed E-state index contributed by atoms with van der Waals surface area (Å²) in [5.74, 6) is 0.780. The van der Waals surface area contributed by atoms with E-state index in [1.54, 1.807) is 12.5 Å². The fourth-order valence-electron chi connectivity index (χ4n) is 2.66. The maximum absolute atomic E-state index is 5.14. The Morgan fingerprint density at radius 3 is 2.86 bits per heavy atom. The number of aryl methyl sites for hydroxylation is 2. The number of hydrogen-bond acceptors (Lipinski definition) is 4. The first kappa shape index (κ1) is 13.8. The van der Waals surface area contributed by atoms with Gasteiger partial charge in [-0.1, -0.05) is 6.92 Å². The predicted octanol–water partition coefficient (Wildman–Crippen LogP) is 2.96. The number of hydrogen-bond donors (Lipinski definition) is 0. The van der Waals surface area contributed by atoms with E-state index in [0.29, 0.717) is 0 Å². The fraction of sp³-hybridized carbons (Fsp3) is 0.375. The molecular weight excluding hydrogens is 264 g/mol. The van der Waals surface area contributed by atoms with Crippen LogP contribution in [0.3, 0.4) is 0 Å². The van der Waals surface area contributed by atoms with Crippen molar-refractivity contribution in [3.8, 4) is 0 Å². The lowest BCUT2D eigenvalue weighted by molar-refractivity contribution is 0.266. The molecule has 0 spiro atoms. The van der Waals surface area contributed by atoms with E-state index >= 15 is 0 Å². The second-order valence-electron chi connectivity index (χ2n) is 5.36. The zero-order valence-electron chi connectivity index (χ0n) is 12.7. The van der Waals surface area contributed by atoms with Gasteiger partial charge in [-0.05, 0) is 32.5 Å². The lowest BCUT2D eigenvalue weighted by atomic mass is 10.3. The van der Waals surface area contributed by atoms with Crippen molar-refractivity contribution in [3.63, 3.8) is 0 Å². The SMILES string of the molecule is CCN(Cc1ccoc1)Cc1cnc2nc(C)cc(C)n12. The Labute approximate surface area is 124 Å². The van der Waals surface area contributed by atoms with Gasteiger partial charge < -0.3 is 4.42 Å². The van der Waals surface area contributed by atoms with Gasteiger partial charge in [0.2, 0.25) is 5.78 Å². The molecule has 0 radical (unpaired) electrons. The van der Waals surface area contributed by atoms with Crippen molar-refractivity contribution >= 4 is 5.78 Å². The molecule has 3 aromatic rings. The molecule has 3 rings (SSSR count). The third kappa shape index (κ3) is 2.83. The van der Waals surface area contributed by atoms with Gasteiger partial charge in [-0.2, -0.15) is 0 Å². The summed E-state index contributed by atoms with van der Waals surface area (Å²) in [4.78, 5) is 11.3. The van der Waals surface area contributed by atoms with Crippen LogP contribution in [0.4, 0.5) is 0 Å². The van der Waals surface area contributed by atoms with E-state index in [9.17, 15) is 0 Å². The average molecular weight is 284 g/mol. The van der Waals surface area contributed by atoms with Gasteiger partial charge in [0.1, 0.15) is 0 Å². The largest absolute Gasteiger partial charge is 0.472 e. The molecule has 110 valence electrons. The molecule has 0 aromatic carbocycles. The Morgan fingerprint density at radius 1 is 1.29 bits per heavy atom. The summed E-state index contributed by atoms with van der Waals surface area (Å²) in [5, 5.41) is 0. The van der Waals surface area contributed by atoms with Crippen molar-refractivity contribution in [2.75, 3.05) is 6.54 Å². The van der Waals surface area contributed by atoms with E-state index in [1.807, 2.05) is 19.2 Å². The molecule has 0 N–H and O–H groups in total. The maximum atomic E-state index is 5.14. The van der Waals surface area contributed by atoms with Crippen LogP contribution in [0.15, 0.2) is 35.3 Å². The maximum Gasteiger partial charge on any atom is 0.234 e. The summed E-state index contributed by atoms with van der Waals surface area (Å²) >= 11 is 0. The molecule has 0 unspecified atom stereocenters. The average Bonchev–Trinajstić information content (AvgIpc) is 3.08. The highest BCUT2D eigenvalue weighted by atomic mass is 16.3. The number of imidazole rings is 1. The molecule has 0 aliphatic carbocycles. The van der Waals surface area contributed by atoms with Gasteiger partial charge in [0.15, 0.2) is 0 Å². The smallest absolute Gasteiger partial charge is 0.234 e. The van der Waals surface area contributed by atoms with Crippen LogP contribution in [-0.4, -0.2) is 25.8 Å². The standard InChI is InChI=1S/C16H20N4O/c1-4-19(9-14-5-6-21-11-14)10-15-8-17-16-18-12(2)7-13(3)20(15)16/h5-8,11H,4,9-10H2,1-3H3. The summed E-state index contributed by atoms with van der Waals surface area (Å²) < 4.78 is 7.27. The van der Waals surface area contributed by atoms with Crippen LogP contribution in [0.5, 0.6) is 0 Å². The van der Waals surface area contributed by atoms with Gasteiger partial charge in [-0.25, -0.2) is 9.97 Å². The van der Waals surface area contributed by atoms with Gasteiger partial charge in [0.05, 0.1) is 24.4 Å². The fourth-order valence-corrected chi connectivity index (χ4v) is 2.66. The molecule has 5 nitrogen and oxygen atoms in total. The highest BCUT2D eigenvalue weighted by molar-refractivity contribution is 5.35. The number of fused-ring (bicyclic) bond motifs is 1. The highest BCUT2D eigenvalue weighted by Crippen LogP contribution is 2.14. The first-order chi connectivity index (χ1) is 10.2. The molecule has 0 atom stereocenters. The van der Waals surface area contributed by atoms with Crippen LogP contribution in [0, 0.1) is 13.8 Å². The van der Waals surface area contributed by atoms with Crippen molar-refractivity contribution in [2.24, 2.45) is 0 Å². The second kappa shape index (κ2) is 5.69. The van der Waals surface area contributed by atoms with Crippen molar-refractivity contribution in [3.05, 3.63) is 53.5 Å². The molecule has 5 heteroatoms. The van der Waals surface area contributed by atoms with E-state index in [-0.39, 0.29) is 0 Å². The quantitative estimate of drug-likeness (QED) is 0.722. The minimum atomic E-state index is 0.780. The molecular formula is C16H20N4O. The minimum absolute atomic E-state index is 0.780. The first-order valence-electron chi connectivity index (χ1n) is 7.21. The zero-order chi connectivity index (χ0) is 14.8. The normalized spacial score (nSPS) is 11.6. The molecule has 3 heterocycles. The molecule has 21 heavy (non-hydrogen) atoms. The van der Waals surface area contributed by atoms with E-state index in [4.69, 9.17) is 4.42 Å². The Balaban J connectivity index is 1.86. The summed E-state index contributed by atoms with van der Waals surface area (Å²) in [5.41, 5.74) is 4.53. The minimum Gasteiger partial charge on any atom is -0.472 e. The number of rotatable bonds is 5. The third-order valence-electron chi connectivity index (χ3n) is 3.68. The molecule has 0 aliphatic heterocycles. The summed E-state index contributed by atoms with van der Waals surface area (Å²) in [6, 6.07) is 4.10. The van der Waals surface area contributed by atoms with Gasteiger partial charge in [-0.3, -0.25) is 9.30 Å². The van der Waals surface area contributed by atoms with E-state index in [2.05, 4.69) is 39.2 Å². The predicted molar refractivity (Wildman–Crippen MR) is 81.0 cm³/mol. The Kier molecular flexibility index (Phi) is 3.75. The van der Waals surface area contributed by atoms with Crippen LogP contribution in [0.1, 0.15) is 29.6 Å². The van der Waals surface area contributed by atoms with Gasteiger partial charge in [-0.15, -0.1) is 0 Å². The molecule has 0 saturated carbocycles. The topological polar surface area (TPSA) is 46.6 Å². The van der Waals surface area contributed by atoms with Gasteiger partial charge in [0, 0.05) is 30.0 Å². The summed E-state index contributed by atoms with van der Waals surface area (Å²) in [7, 11) is 0. The second-order valence-corrected chi connectivity index (χ2v) is 5.36. The van der Waals surface area contributed by atoms with E-state index in [0.717, 1.165) is 31.1 Å². The molecule has 0 bridgehead atoms. The third-order valence-corrected chi connectivity index (χ3v) is 3.68. The Bertz CT molecular complexity index is 730. The van der Waals surface area contributed by atoms with Gasteiger partial charge in [0.25, 0.3) is 0 Å². The van der Waals surface area contributed by atoms with Crippen molar-refractivity contribution in [1.29, 1.82) is 0 Å². The van der Waals surface area contributed by atoms with Crippen LogP contribution >= 0.6 is 0 Å². The van der Waals surface area contributed by atoms with Crippen LogP contribution in [-0.2, 0) is 13.1 Å².